The van der Waals surface area contributed by atoms with E-state index < -0.39 is 12.1 Å². The molecular weight excluding hydrogens is 455 g/mol. The van der Waals surface area contributed by atoms with Crippen molar-refractivity contribution >= 4 is 22.8 Å². The Labute approximate surface area is 191 Å². The number of rotatable bonds is 6. The van der Waals surface area contributed by atoms with Gasteiger partial charge in [0.25, 0.3) is 0 Å². The Morgan fingerprint density at radius 3 is 2.38 bits per heavy atom. The van der Waals surface area contributed by atoms with E-state index in [-0.39, 0.29) is 22.9 Å². The number of aryl methyl sites for hydroxylation is 1. The summed E-state index contributed by atoms with van der Waals surface area (Å²) >= 11 is 0. The topological polar surface area (TPSA) is 103 Å². The molecule has 1 amide bonds. The van der Waals surface area contributed by atoms with Gasteiger partial charge in [-0.15, -0.1) is 0 Å². The van der Waals surface area contributed by atoms with E-state index in [0.717, 1.165) is 5.39 Å². The molecule has 1 aromatic carbocycles. The lowest BCUT2D eigenvalue weighted by molar-refractivity contribution is -0.167. The molecule has 0 aliphatic carbocycles. The highest BCUT2D eigenvalue weighted by Gasteiger charge is 2.40. The number of carbonyl (C=O) groups is 1. The number of hydrogen-bond acceptors (Lipinski definition) is 6. The molecule has 0 aliphatic rings. The van der Waals surface area contributed by atoms with Gasteiger partial charge < -0.3 is 24.1 Å². The van der Waals surface area contributed by atoms with Gasteiger partial charge in [0.15, 0.2) is 17.3 Å². The quantitative estimate of drug-likeness (QED) is 0.434. The molecule has 178 valence electrons. The zero-order chi connectivity index (χ0) is 24.6. The molecule has 34 heavy (non-hydrogen) atoms. The van der Waals surface area contributed by atoms with Gasteiger partial charge in [-0.3, -0.25) is 9.89 Å². The third-order valence-corrected chi connectivity index (χ3v) is 5.21. The number of hydrogen-bond donors (Lipinski definition) is 2. The second-order valence-electron chi connectivity index (χ2n) is 7.22. The molecule has 0 bridgehead atoms. The first-order chi connectivity index (χ1) is 16.2. The van der Waals surface area contributed by atoms with E-state index in [4.69, 9.17) is 14.2 Å². The molecule has 12 heteroatoms. The Morgan fingerprint density at radius 1 is 1.12 bits per heavy atom. The van der Waals surface area contributed by atoms with Crippen molar-refractivity contribution in [2.24, 2.45) is 7.05 Å². The van der Waals surface area contributed by atoms with Crippen LogP contribution in [0.4, 0.5) is 19.0 Å². The Balaban J connectivity index is 2.00. The zero-order valence-corrected chi connectivity index (χ0v) is 18.6. The van der Waals surface area contributed by atoms with E-state index >= 15 is 0 Å². The van der Waals surface area contributed by atoms with Crippen molar-refractivity contribution in [1.82, 2.24) is 19.7 Å². The number of anilines is 1. The van der Waals surface area contributed by atoms with Crippen molar-refractivity contribution in [1.29, 1.82) is 0 Å². The molecule has 4 aromatic rings. The molecule has 9 nitrogen and oxygen atoms in total. The van der Waals surface area contributed by atoms with Crippen molar-refractivity contribution in [3.8, 4) is 39.6 Å². The lowest BCUT2D eigenvalue weighted by atomic mass is 9.99. The van der Waals surface area contributed by atoms with Crippen LogP contribution in [0.5, 0.6) is 17.2 Å². The van der Waals surface area contributed by atoms with Crippen LogP contribution in [0.1, 0.15) is 0 Å². The van der Waals surface area contributed by atoms with E-state index in [1.807, 2.05) is 11.4 Å². The van der Waals surface area contributed by atoms with Crippen LogP contribution >= 0.6 is 0 Å². The SMILES string of the molecule is COc1cc(-c2c(NC(=O)C(F)(F)F)n[nH]c2-c2cn(C)c3ncccc23)cc(OC)c1OC. The largest absolute Gasteiger partial charge is 0.493 e. The van der Waals surface area contributed by atoms with Gasteiger partial charge in [-0.2, -0.15) is 18.3 Å². The summed E-state index contributed by atoms with van der Waals surface area (Å²) in [7, 11) is 6.06. The first kappa shape index (κ1) is 23.0. The van der Waals surface area contributed by atoms with Gasteiger partial charge in [0.05, 0.1) is 32.6 Å². The van der Waals surface area contributed by atoms with Crippen molar-refractivity contribution in [3.63, 3.8) is 0 Å². The lowest BCUT2D eigenvalue weighted by Gasteiger charge is -2.15. The molecular formula is C22H20F3N5O4. The number of amides is 1. The van der Waals surface area contributed by atoms with Crippen LogP contribution in [0, 0.1) is 0 Å². The monoisotopic (exact) mass is 475 g/mol. The summed E-state index contributed by atoms with van der Waals surface area (Å²) in [5.74, 6) is -1.62. The van der Waals surface area contributed by atoms with E-state index in [1.54, 1.807) is 42.2 Å². The number of aromatic nitrogens is 4. The molecule has 0 unspecified atom stereocenters. The molecule has 0 atom stereocenters. The van der Waals surface area contributed by atoms with E-state index in [0.29, 0.717) is 28.2 Å². The number of H-pyrrole nitrogens is 1. The van der Waals surface area contributed by atoms with Gasteiger partial charge >= 0.3 is 12.1 Å². The average molecular weight is 475 g/mol. The van der Waals surface area contributed by atoms with Gasteiger partial charge in [0, 0.05) is 30.4 Å². The number of ether oxygens (including phenoxy) is 3. The third kappa shape index (κ3) is 3.87. The summed E-state index contributed by atoms with van der Waals surface area (Å²) in [6, 6.07) is 6.68. The van der Waals surface area contributed by atoms with Crippen molar-refractivity contribution in [3.05, 3.63) is 36.7 Å². The molecule has 0 saturated heterocycles. The molecule has 3 heterocycles. The summed E-state index contributed by atoms with van der Waals surface area (Å²) in [6.07, 6.45) is -1.70. The third-order valence-electron chi connectivity index (χ3n) is 5.21. The first-order valence-corrected chi connectivity index (χ1v) is 9.86. The average Bonchev–Trinajstić information content (AvgIpc) is 3.38. The zero-order valence-electron chi connectivity index (χ0n) is 18.6. The van der Waals surface area contributed by atoms with Gasteiger partial charge in [0.1, 0.15) is 5.65 Å². The summed E-state index contributed by atoms with van der Waals surface area (Å²) in [5, 5.41) is 9.35. The van der Waals surface area contributed by atoms with Crippen molar-refractivity contribution < 1.29 is 32.2 Å². The number of carbonyl (C=O) groups excluding carboxylic acids is 1. The van der Waals surface area contributed by atoms with Gasteiger partial charge in [-0.05, 0) is 29.8 Å². The van der Waals surface area contributed by atoms with E-state index in [1.165, 1.54) is 21.3 Å². The minimum absolute atomic E-state index is 0.202. The molecule has 2 N–H and O–H groups in total. The number of nitrogens with zero attached hydrogens (tertiary/aromatic N) is 3. The fourth-order valence-corrected chi connectivity index (χ4v) is 3.72. The Bertz CT molecular complexity index is 1350. The fraction of sp³-hybridized carbons (Fsp3) is 0.227. The maximum atomic E-state index is 13.0. The van der Waals surface area contributed by atoms with Crippen molar-refractivity contribution in [2.45, 2.75) is 6.18 Å². The van der Waals surface area contributed by atoms with Gasteiger partial charge in [0.2, 0.25) is 5.75 Å². The minimum atomic E-state index is -5.10. The maximum Gasteiger partial charge on any atom is 0.471 e. The normalized spacial score (nSPS) is 11.5. The number of nitrogens with one attached hydrogen (secondary N) is 2. The lowest BCUT2D eigenvalue weighted by Crippen LogP contribution is -2.30. The minimum Gasteiger partial charge on any atom is -0.493 e. The van der Waals surface area contributed by atoms with Crippen LogP contribution in [-0.2, 0) is 11.8 Å². The van der Waals surface area contributed by atoms with Crippen molar-refractivity contribution in [2.75, 3.05) is 26.6 Å². The van der Waals surface area contributed by atoms with E-state index in [2.05, 4.69) is 15.2 Å². The molecule has 0 aliphatic heterocycles. The molecule has 4 rings (SSSR count). The highest BCUT2D eigenvalue weighted by Crippen LogP contribution is 2.46. The summed E-state index contributed by atoms with van der Waals surface area (Å²) in [5.41, 5.74) is 2.22. The van der Waals surface area contributed by atoms with Crippen LogP contribution in [0.3, 0.4) is 0 Å². The Morgan fingerprint density at radius 2 is 1.79 bits per heavy atom. The molecule has 0 radical (unpaired) electrons. The number of aromatic amines is 1. The molecule has 0 fully saturated rings. The van der Waals surface area contributed by atoms with Crippen LogP contribution in [0.15, 0.2) is 36.7 Å². The predicted octanol–water partition coefficient (Wildman–Crippen LogP) is 4.16. The molecule has 0 spiro atoms. The second-order valence-corrected chi connectivity index (χ2v) is 7.22. The smallest absolute Gasteiger partial charge is 0.471 e. The van der Waals surface area contributed by atoms with Crippen LogP contribution in [-0.4, -0.2) is 53.2 Å². The van der Waals surface area contributed by atoms with Gasteiger partial charge in [-0.1, -0.05) is 0 Å². The number of methoxy groups -OCH3 is 3. The predicted molar refractivity (Wildman–Crippen MR) is 118 cm³/mol. The summed E-state index contributed by atoms with van der Waals surface area (Å²) < 4.78 is 57.0. The Hall–Kier alpha value is -4.22. The number of fused-ring (bicyclic) bond motifs is 1. The summed E-state index contributed by atoms with van der Waals surface area (Å²) in [6.45, 7) is 0. The highest BCUT2D eigenvalue weighted by molar-refractivity contribution is 6.04. The van der Waals surface area contributed by atoms with Crippen LogP contribution in [0.25, 0.3) is 33.4 Å². The van der Waals surface area contributed by atoms with Crippen LogP contribution < -0.4 is 19.5 Å². The number of pyridine rings is 1. The van der Waals surface area contributed by atoms with E-state index in [9.17, 15) is 18.0 Å². The fourth-order valence-electron chi connectivity index (χ4n) is 3.72. The Kier molecular flexibility index (Phi) is 5.82. The standard InChI is InChI=1S/C22H20F3N5O4/c1-30-10-13(12-6-5-7-26-20(12)30)17-16(19(29-28-17)27-21(31)22(23,24)25)11-8-14(32-2)18(34-4)15(9-11)33-3/h5-10H,1-4H3,(H2,27,28,29,31). The maximum absolute atomic E-state index is 13.0. The van der Waals surface area contributed by atoms with Gasteiger partial charge in [-0.25, -0.2) is 4.98 Å². The summed E-state index contributed by atoms with van der Waals surface area (Å²) in [4.78, 5) is 16.1. The molecule has 0 saturated carbocycles. The number of alkyl halides is 3. The molecule has 3 aromatic heterocycles. The first-order valence-electron chi connectivity index (χ1n) is 9.86. The second kappa shape index (κ2) is 8.61. The number of halogens is 3. The van der Waals surface area contributed by atoms with Crippen LogP contribution in [0.2, 0.25) is 0 Å². The number of benzene rings is 1. The highest BCUT2D eigenvalue weighted by atomic mass is 19.4.